The van der Waals surface area contributed by atoms with Gasteiger partial charge in [0.15, 0.2) is 0 Å². The molecular weight excluding hydrogens is 324 g/mol. The van der Waals surface area contributed by atoms with Crippen LogP contribution in [0.15, 0.2) is 42.1 Å². The maximum Gasteiger partial charge on any atom is 0.137 e. The van der Waals surface area contributed by atoms with E-state index in [1.165, 1.54) is 11.1 Å². The van der Waals surface area contributed by atoms with E-state index in [1.807, 2.05) is 4.68 Å². The van der Waals surface area contributed by atoms with Crippen molar-refractivity contribution in [3.63, 3.8) is 0 Å². The molecule has 0 saturated heterocycles. The maximum atomic E-state index is 9.73. The van der Waals surface area contributed by atoms with Crippen LogP contribution in [0.5, 0.6) is 0 Å². The Morgan fingerprint density at radius 2 is 1.96 bits per heavy atom. The highest BCUT2D eigenvalue weighted by Crippen LogP contribution is 2.42. The summed E-state index contributed by atoms with van der Waals surface area (Å²) in [5.41, 5.74) is 3.60. The Labute approximate surface area is 156 Å². The molecule has 0 radical (unpaired) electrons. The Kier molecular flexibility index (Phi) is 5.74. The van der Waals surface area contributed by atoms with Gasteiger partial charge in [0.2, 0.25) is 0 Å². The first-order valence-electron chi connectivity index (χ1n) is 9.66. The van der Waals surface area contributed by atoms with Crippen molar-refractivity contribution < 1.29 is 5.21 Å². The second kappa shape index (κ2) is 8.02. The van der Waals surface area contributed by atoms with Gasteiger partial charge in [0.05, 0.1) is 12.3 Å². The predicted octanol–water partition coefficient (Wildman–Crippen LogP) is 4.36. The lowest BCUT2D eigenvalue weighted by molar-refractivity contribution is 0.214. The summed E-state index contributed by atoms with van der Waals surface area (Å²) in [7, 11) is 0. The van der Waals surface area contributed by atoms with Gasteiger partial charge in [-0.1, -0.05) is 50.2 Å². The molecule has 1 N–H and O–H groups in total. The van der Waals surface area contributed by atoms with Crippen LogP contribution in [-0.2, 0) is 19.4 Å². The van der Waals surface area contributed by atoms with E-state index >= 15 is 0 Å². The highest BCUT2D eigenvalue weighted by Gasteiger charge is 2.41. The molecule has 0 spiro atoms. The lowest BCUT2D eigenvalue weighted by Crippen LogP contribution is -2.43. The summed E-state index contributed by atoms with van der Waals surface area (Å²) >= 11 is 0. The van der Waals surface area contributed by atoms with Crippen LogP contribution in [0.1, 0.15) is 51.2 Å². The van der Waals surface area contributed by atoms with Crippen LogP contribution in [0.25, 0.3) is 0 Å². The summed E-state index contributed by atoms with van der Waals surface area (Å²) in [5, 5.41) is 17.7. The summed E-state index contributed by atoms with van der Waals surface area (Å²) in [6, 6.07) is 8.96. The van der Waals surface area contributed by atoms with Crippen LogP contribution < -0.4 is 0 Å². The van der Waals surface area contributed by atoms with Gasteiger partial charge < -0.3 is 5.21 Å². The first-order chi connectivity index (χ1) is 12.5. The summed E-state index contributed by atoms with van der Waals surface area (Å²) < 4.78 is 1.86. The van der Waals surface area contributed by atoms with Crippen molar-refractivity contribution in [3.05, 3.63) is 48.0 Å². The molecule has 3 rings (SSSR count). The molecule has 0 aliphatic heterocycles. The SMILES string of the molecule is CCc1ccc(CC[C@@H]2CCC(C)(C)/C(=N/O)[C@H]2Cn2cncn2)cc1. The number of hydrogen-bond donors (Lipinski definition) is 1. The second-order valence-electron chi connectivity index (χ2n) is 8.10. The molecule has 1 aliphatic carbocycles. The molecule has 5 nitrogen and oxygen atoms in total. The summed E-state index contributed by atoms with van der Waals surface area (Å²) in [5.74, 6) is 0.685. The van der Waals surface area contributed by atoms with E-state index in [9.17, 15) is 5.21 Å². The number of aryl methyl sites for hydroxylation is 2. The van der Waals surface area contributed by atoms with E-state index in [-0.39, 0.29) is 11.3 Å². The number of nitrogens with zero attached hydrogens (tertiary/aromatic N) is 4. The van der Waals surface area contributed by atoms with Crippen molar-refractivity contribution in [1.82, 2.24) is 14.8 Å². The van der Waals surface area contributed by atoms with Crippen molar-refractivity contribution in [1.29, 1.82) is 0 Å². The van der Waals surface area contributed by atoms with Gasteiger partial charge >= 0.3 is 0 Å². The fourth-order valence-electron chi connectivity index (χ4n) is 4.21. The smallest absolute Gasteiger partial charge is 0.137 e. The first kappa shape index (κ1) is 18.6. The van der Waals surface area contributed by atoms with Gasteiger partial charge in [0.25, 0.3) is 0 Å². The molecule has 26 heavy (non-hydrogen) atoms. The Balaban J connectivity index is 1.74. The quantitative estimate of drug-likeness (QED) is 0.619. The van der Waals surface area contributed by atoms with Crippen molar-refractivity contribution in [3.8, 4) is 0 Å². The van der Waals surface area contributed by atoms with Crippen LogP contribution in [-0.4, -0.2) is 25.7 Å². The fraction of sp³-hybridized carbons (Fsp3) is 0.571. The molecule has 1 fully saturated rings. The third kappa shape index (κ3) is 4.14. The van der Waals surface area contributed by atoms with Gasteiger partial charge in [-0.15, -0.1) is 0 Å². The topological polar surface area (TPSA) is 63.3 Å². The lowest BCUT2D eigenvalue weighted by Gasteiger charge is -2.41. The molecule has 1 aromatic carbocycles. The minimum atomic E-state index is -0.0702. The average Bonchev–Trinajstić information content (AvgIpc) is 3.14. The molecule has 1 aliphatic rings. The number of aromatic nitrogens is 3. The zero-order chi connectivity index (χ0) is 18.6. The van der Waals surface area contributed by atoms with E-state index in [0.29, 0.717) is 5.92 Å². The minimum Gasteiger partial charge on any atom is -0.411 e. The van der Waals surface area contributed by atoms with E-state index < -0.39 is 0 Å². The normalized spacial score (nSPS) is 24.0. The van der Waals surface area contributed by atoms with Crippen molar-refractivity contribution in [2.45, 2.75) is 59.4 Å². The minimum absolute atomic E-state index is 0.0702. The van der Waals surface area contributed by atoms with E-state index in [2.05, 4.69) is 60.3 Å². The second-order valence-corrected chi connectivity index (χ2v) is 8.10. The molecule has 2 aromatic rings. The molecular formula is C21H30N4O. The zero-order valence-corrected chi connectivity index (χ0v) is 16.1. The molecule has 1 aromatic heterocycles. The van der Waals surface area contributed by atoms with Crippen molar-refractivity contribution in [2.24, 2.45) is 22.4 Å². The van der Waals surface area contributed by atoms with E-state index in [4.69, 9.17) is 0 Å². The molecule has 0 bridgehead atoms. The Morgan fingerprint density at radius 3 is 2.58 bits per heavy atom. The highest BCUT2D eigenvalue weighted by molar-refractivity contribution is 5.92. The van der Waals surface area contributed by atoms with Gasteiger partial charge in [0, 0.05) is 11.3 Å². The van der Waals surface area contributed by atoms with Crippen LogP contribution >= 0.6 is 0 Å². The van der Waals surface area contributed by atoms with E-state index in [0.717, 1.165) is 44.4 Å². The van der Waals surface area contributed by atoms with E-state index in [1.54, 1.807) is 12.7 Å². The lowest BCUT2D eigenvalue weighted by atomic mass is 9.64. The number of rotatable bonds is 6. The molecule has 2 atom stereocenters. The molecule has 1 heterocycles. The predicted molar refractivity (Wildman–Crippen MR) is 103 cm³/mol. The Bertz CT molecular complexity index is 719. The molecule has 5 heteroatoms. The first-order valence-corrected chi connectivity index (χ1v) is 9.66. The monoisotopic (exact) mass is 354 g/mol. The molecule has 0 amide bonds. The Hall–Kier alpha value is -2.17. The van der Waals surface area contributed by atoms with Gasteiger partial charge in [-0.2, -0.15) is 5.10 Å². The number of oxime groups is 1. The van der Waals surface area contributed by atoms with Gasteiger partial charge in [-0.05, 0) is 49.1 Å². The maximum absolute atomic E-state index is 9.73. The van der Waals surface area contributed by atoms with Crippen LogP contribution in [0, 0.1) is 17.3 Å². The number of hydrogen-bond acceptors (Lipinski definition) is 4. The highest BCUT2D eigenvalue weighted by atomic mass is 16.4. The number of benzene rings is 1. The summed E-state index contributed by atoms with van der Waals surface area (Å²) in [6.45, 7) is 7.26. The summed E-state index contributed by atoms with van der Waals surface area (Å²) in [6.07, 6.45) is 8.75. The summed E-state index contributed by atoms with van der Waals surface area (Å²) in [4.78, 5) is 4.06. The van der Waals surface area contributed by atoms with Gasteiger partial charge in [-0.25, -0.2) is 4.98 Å². The third-order valence-electron chi connectivity index (χ3n) is 5.95. The molecule has 1 saturated carbocycles. The van der Waals surface area contributed by atoms with Crippen LogP contribution in [0.4, 0.5) is 0 Å². The van der Waals surface area contributed by atoms with Crippen molar-refractivity contribution in [2.75, 3.05) is 0 Å². The third-order valence-corrected chi connectivity index (χ3v) is 5.95. The van der Waals surface area contributed by atoms with Gasteiger partial charge in [-0.3, -0.25) is 4.68 Å². The standard InChI is InChI=1S/C21H30N4O/c1-4-16-5-7-17(8-6-16)9-10-18-11-12-21(2,3)20(24-26)19(18)13-25-15-22-14-23-25/h5-8,14-15,18-19,26H,4,9-13H2,1-3H3/b24-20+/t18-,19+/m1/s1. The van der Waals surface area contributed by atoms with Gasteiger partial charge in [0.1, 0.15) is 12.7 Å². The fourth-order valence-corrected chi connectivity index (χ4v) is 4.21. The molecule has 0 unspecified atom stereocenters. The zero-order valence-electron chi connectivity index (χ0n) is 16.1. The van der Waals surface area contributed by atoms with Crippen LogP contribution in [0.2, 0.25) is 0 Å². The van der Waals surface area contributed by atoms with Crippen molar-refractivity contribution >= 4 is 5.71 Å². The Morgan fingerprint density at radius 1 is 1.23 bits per heavy atom. The van der Waals surface area contributed by atoms with Crippen LogP contribution in [0.3, 0.4) is 0 Å². The molecule has 140 valence electrons. The largest absolute Gasteiger partial charge is 0.411 e. The average molecular weight is 354 g/mol.